The first kappa shape index (κ1) is 17.8. The zero-order valence-corrected chi connectivity index (χ0v) is 15.2. The first-order valence-corrected chi connectivity index (χ1v) is 8.78. The molecule has 0 aliphatic carbocycles. The van der Waals surface area contributed by atoms with Gasteiger partial charge in [-0.2, -0.15) is 4.99 Å². The highest BCUT2D eigenvalue weighted by atomic mass is 32.1. The molecule has 0 radical (unpaired) electrons. The molecule has 1 heterocycles. The molecule has 0 spiro atoms. The number of thiazole rings is 1. The van der Waals surface area contributed by atoms with E-state index in [1.54, 1.807) is 12.1 Å². The number of benzene rings is 2. The average molecular weight is 367 g/mol. The van der Waals surface area contributed by atoms with Gasteiger partial charge in [-0.3, -0.25) is 14.9 Å². The number of nitro benzene ring substituents is 1. The molecule has 0 saturated carbocycles. The zero-order valence-electron chi connectivity index (χ0n) is 14.4. The minimum Gasteiger partial charge on any atom is -0.312 e. The van der Waals surface area contributed by atoms with E-state index < -0.39 is 10.8 Å². The van der Waals surface area contributed by atoms with Crippen LogP contribution >= 0.6 is 11.3 Å². The molecule has 0 bridgehead atoms. The third kappa shape index (κ3) is 3.21. The Balaban J connectivity index is 2.23. The molecule has 0 unspecified atom stereocenters. The number of hydrogen-bond acceptors (Lipinski definition) is 4. The van der Waals surface area contributed by atoms with E-state index in [4.69, 9.17) is 0 Å². The molecule has 6 nitrogen and oxygen atoms in total. The second-order valence-corrected chi connectivity index (χ2v) is 6.88. The van der Waals surface area contributed by atoms with Crippen molar-refractivity contribution in [3.63, 3.8) is 0 Å². The predicted octanol–water partition coefficient (Wildman–Crippen LogP) is 4.15. The van der Waals surface area contributed by atoms with Crippen LogP contribution in [0, 0.1) is 24.0 Å². The molecule has 1 aromatic heterocycles. The molecule has 26 heavy (non-hydrogen) atoms. The van der Waals surface area contributed by atoms with Crippen LogP contribution in [0.5, 0.6) is 0 Å². The first-order valence-electron chi connectivity index (χ1n) is 7.96. The molecule has 0 aliphatic rings. The highest BCUT2D eigenvalue weighted by molar-refractivity contribution is 7.16. The van der Waals surface area contributed by atoms with Gasteiger partial charge in [-0.15, -0.1) is 6.58 Å². The van der Waals surface area contributed by atoms with Gasteiger partial charge >= 0.3 is 0 Å². The zero-order chi connectivity index (χ0) is 18.8. The van der Waals surface area contributed by atoms with E-state index in [2.05, 4.69) is 17.6 Å². The second kappa shape index (κ2) is 7.05. The lowest BCUT2D eigenvalue weighted by Crippen LogP contribution is -2.16. The number of rotatable bonds is 4. The number of nitrogens with zero attached hydrogens (tertiary/aromatic N) is 3. The van der Waals surface area contributed by atoms with Gasteiger partial charge in [-0.25, -0.2) is 0 Å². The highest BCUT2D eigenvalue weighted by Crippen LogP contribution is 2.24. The van der Waals surface area contributed by atoms with Crippen LogP contribution in [0.25, 0.3) is 10.2 Å². The van der Waals surface area contributed by atoms with Crippen molar-refractivity contribution in [3.05, 3.63) is 80.7 Å². The fraction of sp³-hybridized carbons (Fsp3) is 0.158. The number of carbonyl (C=O) groups is 1. The van der Waals surface area contributed by atoms with Gasteiger partial charge < -0.3 is 4.57 Å². The Bertz CT molecular complexity index is 1110. The van der Waals surface area contributed by atoms with Crippen molar-refractivity contribution in [2.75, 3.05) is 0 Å². The lowest BCUT2D eigenvalue weighted by Gasteiger charge is -2.03. The van der Waals surface area contributed by atoms with Crippen molar-refractivity contribution in [2.45, 2.75) is 20.4 Å². The Hall–Kier alpha value is -3.06. The maximum Gasteiger partial charge on any atom is 0.286 e. The van der Waals surface area contributed by atoms with Crippen molar-refractivity contribution in [1.82, 2.24) is 4.57 Å². The summed E-state index contributed by atoms with van der Waals surface area (Å²) in [4.78, 5) is 27.9. The van der Waals surface area contributed by atoms with Crippen LogP contribution in [-0.2, 0) is 6.54 Å². The van der Waals surface area contributed by atoms with Gasteiger partial charge in [0.2, 0.25) is 0 Å². The number of fused-ring (bicyclic) bond motifs is 1. The molecule has 1 amide bonds. The van der Waals surface area contributed by atoms with Gasteiger partial charge in [-0.05, 0) is 37.1 Å². The van der Waals surface area contributed by atoms with Crippen LogP contribution < -0.4 is 4.80 Å². The summed E-state index contributed by atoms with van der Waals surface area (Å²) in [5.74, 6) is -0.629. The molecule has 0 aliphatic heterocycles. The van der Waals surface area contributed by atoms with Crippen LogP contribution in [0.15, 0.2) is 54.0 Å². The summed E-state index contributed by atoms with van der Waals surface area (Å²) in [6.45, 7) is 8.29. The highest BCUT2D eigenvalue weighted by Gasteiger charge is 2.19. The van der Waals surface area contributed by atoms with Crippen LogP contribution in [0.4, 0.5) is 5.69 Å². The van der Waals surface area contributed by atoms with Gasteiger partial charge in [0.1, 0.15) is 5.56 Å². The maximum absolute atomic E-state index is 12.6. The Morgan fingerprint density at radius 3 is 2.77 bits per heavy atom. The lowest BCUT2D eigenvalue weighted by molar-refractivity contribution is -0.385. The summed E-state index contributed by atoms with van der Waals surface area (Å²) in [6.07, 6.45) is 1.73. The van der Waals surface area contributed by atoms with Crippen molar-refractivity contribution in [3.8, 4) is 0 Å². The largest absolute Gasteiger partial charge is 0.312 e. The number of allylic oxidation sites excluding steroid dienone is 1. The van der Waals surface area contributed by atoms with Gasteiger partial charge in [0.25, 0.3) is 11.6 Å². The van der Waals surface area contributed by atoms with Crippen LogP contribution in [0.3, 0.4) is 0 Å². The Morgan fingerprint density at radius 1 is 1.35 bits per heavy atom. The van der Waals surface area contributed by atoms with Crippen molar-refractivity contribution >= 4 is 33.1 Å². The number of amides is 1. The third-order valence-corrected chi connectivity index (χ3v) is 5.18. The van der Waals surface area contributed by atoms with Crippen molar-refractivity contribution in [1.29, 1.82) is 0 Å². The fourth-order valence-corrected chi connectivity index (χ4v) is 3.95. The first-order chi connectivity index (χ1) is 12.4. The molecular weight excluding hydrogens is 350 g/mol. The summed E-state index contributed by atoms with van der Waals surface area (Å²) in [5, 5.41) is 11.2. The van der Waals surface area contributed by atoms with Crippen LogP contribution in [0.2, 0.25) is 0 Å². The monoisotopic (exact) mass is 367 g/mol. The number of aryl methyl sites for hydroxylation is 2. The lowest BCUT2D eigenvalue weighted by atomic mass is 10.1. The number of para-hydroxylation sites is 1. The van der Waals surface area contributed by atoms with Crippen molar-refractivity contribution in [2.24, 2.45) is 4.99 Å². The van der Waals surface area contributed by atoms with Gasteiger partial charge in [0.05, 0.1) is 15.1 Å². The Labute approximate surface area is 153 Å². The number of nitro groups is 1. The standard InChI is InChI=1S/C19H17N3O3S/c1-4-9-21-16-11-12(2)10-13(3)17(16)26-19(21)20-18(23)14-7-5-6-8-15(14)22(24)25/h4-8,10-11H,1,9H2,2-3H3. The SMILES string of the molecule is C=CCn1c(=NC(=O)c2ccccc2[N+](=O)[O-])sc2c(C)cc(C)cc21. The molecule has 3 rings (SSSR count). The van der Waals surface area contributed by atoms with Gasteiger partial charge in [-0.1, -0.05) is 35.6 Å². The van der Waals surface area contributed by atoms with E-state index in [9.17, 15) is 14.9 Å². The molecular formula is C19H17N3O3S. The minimum absolute atomic E-state index is 0.0204. The Morgan fingerprint density at radius 2 is 2.08 bits per heavy atom. The third-order valence-electron chi connectivity index (χ3n) is 3.95. The molecule has 7 heteroatoms. The molecule has 0 N–H and O–H groups in total. The second-order valence-electron chi connectivity index (χ2n) is 5.91. The minimum atomic E-state index is -0.629. The van der Waals surface area contributed by atoms with E-state index in [0.29, 0.717) is 11.3 Å². The fourth-order valence-electron chi connectivity index (χ4n) is 2.86. The summed E-state index contributed by atoms with van der Waals surface area (Å²) in [6, 6.07) is 9.95. The van der Waals surface area contributed by atoms with E-state index in [0.717, 1.165) is 21.3 Å². The maximum atomic E-state index is 12.6. The molecule has 0 saturated heterocycles. The molecule has 0 atom stereocenters. The van der Waals surface area contributed by atoms with E-state index in [1.807, 2.05) is 24.5 Å². The molecule has 0 fully saturated rings. The summed E-state index contributed by atoms with van der Waals surface area (Å²) in [7, 11) is 0. The van der Waals surface area contributed by atoms with Crippen LogP contribution in [-0.4, -0.2) is 15.4 Å². The van der Waals surface area contributed by atoms with Gasteiger partial charge in [0.15, 0.2) is 4.80 Å². The normalized spacial score (nSPS) is 11.7. The molecule has 132 valence electrons. The summed E-state index contributed by atoms with van der Waals surface area (Å²) < 4.78 is 2.94. The molecule has 3 aromatic rings. The quantitative estimate of drug-likeness (QED) is 0.395. The Kier molecular flexibility index (Phi) is 4.81. The van der Waals surface area contributed by atoms with Crippen LogP contribution in [0.1, 0.15) is 21.5 Å². The summed E-state index contributed by atoms with van der Waals surface area (Å²) >= 11 is 1.39. The van der Waals surface area contributed by atoms with E-state index >= 15 is 0 Å². The number of carbonyl (C=O) groups excluding carboxylic acids is 1. The average Bonchev–Trinajstić information content (AvgIpc) is 2.93. The topological polar surface area (TPSA) is 77.5 Å². The molecule has 2 aromatic carbocycles. The number of aromatic nitrogens is 1. The van der Waals surface area contributed by atoms with E-state index in [1.165, 1.54) is 29.5 Å². The van der Waals surface area contributed by atoms with E-state index in [-0.39, 0.29) is 11.3 Å². The van der Waals surface area contributed by atoms with Crippen molar-refractivity contribution < 1.29 is 9.72 Å². The smallest absolute Gasteiger partial charge is 0.286 e. The number of hydrogen-bond donors (Lipinski definition) is 0. The summed E-state index contributed by atoms with van der Waals surface area (Å²) in [5.41, 5.74) is 2.92. The van der Waals surface area contributed by atoms with Gasteiger partial charge in [0, 0.05) is 12.6 Å². The predicted molar refractivity (Wildman–Crippen MR) is 102 cm³/mol.